The number of likely N-dealkylation sites (tertiary alicyclic amines) is 1. The number of nitrogens with one attached hydrogen (secondary N) is 3. The highest BCUT2D eigenvalue weighted by atomic mass is 16.6. The number of carbonyl (C=O) groups excluding carboxylic acids is 4. The lowest BCUT2D eigenvalue weighted by atomic mass is 10.0. The smallest absolute Gasteiger partial charge is 0.408 e. The summed E-state index contributed by atoms with van der Waals surface area (Å²) in [6, 6.07) is 4.65. The number of nitrogens with two attached hydrogens (primary N) is 2. The maximum absolute atomic E-state index is 13.8. The molecule has 46 heavy (non-hydrogen) atoms. The fraction of sp³-hybridized carbons (Fsp3) is 0.562. The Bertz CT molecular complexity index is 1590. The van der Waals surface area contributed by atoms with Crippen molar-refractivity contribution in [3.8, 4) is 0 Å². The Labute approximate surface area is 267 Å². The van der Waals surface area contributed by atoms with Gasteiger partial charge in [0.1, 0.15) is 28.8 Å². The fourth-order valence-electron chi connectivity index (χ4n) is 5.89. The number of hydrogen-bond acceptors (Lipinski definition) is 8. The number of hydrogen-bond donors (Lipinski definition) is 5. The van der Waals surface area contributed by atoms with Crippen LogP contribution in [-0.4, -0.2) is 71.0 Å². The van der Waals surface area contributed by atoms with Crippen LogP contribution in [0.25, 0.3) is 11.0 Å². The molecule has 1 aliphatic heterocycles. The molecule has 14 heteroatoms. The zero-order chi connectivity index (χ0) is 34.0. The Hall–Kier alpha value is -4.62. The number of guanidine groups is 1. The van der Waals surface area contributed by atoms with E-state index in [-0.39, 0.29) is 24.3 Å². The van der Waals surface area contributed by atoms with Crippen LogP contribution in [-0.2, 0) is 19.1 Å². The predicted molar refractivity (Wildman–Crippen MR) is 173 cm³/mol. The van der Waals surface area contributed by atoms with Crippen molar-refractivity contribution < 1.29 is 28.3 Å². The zero-order valence-corrected chi connectivity index (χ0v) is 27.3. The Morgan fingerprint density at radius 3 is 2.54 bits per heavy atom. The first-order valence-corrected chi connectivity index (χ1v) is 15.5. The Morgan fingerprint density at radius 1 is 1.17 bits per heavy atom. The van der Waals surface area contributed by atoms with Crippen molar-refractivity contribution in [2.75, 3.05) is 18.4 Å². The standard InChI is InChI=1S/C32H45N7O7/c1-17(2)25(37-30(44)46-31(4,5)6)27(42)39-13-7-8-22(39)26(41)38-32(16-19(32)11-12-35-29(33)34)28(43)36-20-9-10-21-18(3)14-24(40)45-23(21)15-20/h9-10,14-15,17,19,22,25H,7-8,11-13,16H2,1-6H3,(H,36,43)(H,37,44)(H,38,41)(H4,33,34,35)/t19-,22-,25-,32?/m0/s1. The summed E-state index contributed by atoms with van der Waals surface area (Å²) in [6.07, 6.45) is 1.02. The molecule has 4 atom stereocenters. The van der Waals surface area contributed by atoms with E-state index in [4.69, 9.17) is 20.6 Å². The Kier molecular flexibility index (Phi) is 9.97. The van der Waals surface area contributed by atoms with Crippen LogP contribution in [0.5, 0.6) is 0 Å². The van der Waals surface area contributed by atoms with Gasteiger partial charge in [0.25, 0.3) is 0 Å². The third kappa shape index (κ3) is 7.96. The van der Waals surface area contributed by atoms with Gasteiger partial charge < -0.3 is 41.5 Å². The molecule has 1 saturated carbocycles. The molecule has 2 fully saturated rings. The molecule has 0 spiro atoms. The number of nitrogens with zero attached hydrogens (tertiary/aromatic N) is 2. The van der Waals surface area contributed by atoms with E-state index in [1.165, 1.54) is 11.0 Å². The van der Waals surface area contributed by atoms with E-state index in [1.54, 1.807) is 59.7 Å². The monoisotopic (exact) mass is 639 g/mol. The van der Waals surface area contributed by atoms with Crippen molar-refractivity contribution in [1.82, 2.24) is 15.5 Å². The van der Waals surface area contributed by atoms with Gasteiger partial charge in [-0.05, 0) is 82.9 Å². The van der Waals surface area contributed by atoms with E-state index < -0.39 is 52.7 Å². The van der Waals surface area contributed by atoms with E-state index in [0.29, 0.717) is 43.5 Å². The van der Waals surface area contributed by atoms with E-state index >= 15 is 0 Å². The normalized spacial score (nSPS) is 21.4. The second-order valence-corrected chi connectivity index (χ2v) is 13.4. The highest BCUT2D eigenvalue weighted by Gasteiger charge is 2.61. The molecule has 1 aliphatic carbocycles. The number of fused-ring (bicyclic) bond motifs is 1. The summed E-state index contributed by atoms with van der Waals surface area (Å²) >= 11 is 0. The predicted octanol–water partition coefficient (Wildman–Crippen LogP) is 2.12. The van der Waals surface area contributed by atoms with Crippen molar-refractivity contribution >= 4 is 46.4 Å². The lowest BCUT2D eigenvalue weighted by Gasteiger charge is -2.32. The first kappa shape index (κ1) is 34.3. The summed E-state index contributed by atoms with van der Waals surface area (Å²) in [7, 11) is 0. The second kappa shape index (κ2) is 13.4. The molecule has 1 unspecified atom stereocenters. The van der Waals surface area contributed by atoms with Crippen LogP contribution in [0.4, 0.5) is 10.5 Å². The third-order valence-corrected chi connectivity index (χ3v) is 8.28. The minimum Gasteiger partial charge on any atom is -0.444 e. The number of aryl methyl sites for hydroxylation is 1. The van der Waals surface area contributed by atoms with Gasteiger partial charge in [0.05, 0.1) is 0 Å². The summed E-state index contributed by atoms with van der Waals surface area (Å²) in [5.41, 5.74) is 9.89. The molecule has 7 N–H and O–H groups in total. The van der Waals surface area contributed by atoms with Crippen molar-refractivity contribution in [1.29, 1.82) is 0 Å². The number of alkyl carbamates (subject to hydrolysis) is 1. The van der Waals surface area contributed by atoms with Gasteiger partial charge in [0.15, 0.2) is 5.96 Å². The topological polar surface area (TPSA) is 211 Å². The fourth-order valence-corrected chi connectivity index (χ4v) is 5.89. The number of amides is 4. The maximum Gasteiger partial charge on any atom is 0.408 e. The Morgan fingerprint density at radius 2 is 1.89 bits per heavy atom. The van der Waals surface area contributed by atoms with E-state index in [2.05, 4.69) is 20.9 Å². The molecule has 1 aromatic heterocycles. The molecule has 4 amide bonds. The second-order valence-electron chi connectivity index (χ2n) is 13.4. The van der Waals surface area contributed by atoms with Crippen LogP contribution in [0.15, 0.2) is 38.5 Å². The van der Waals surface area contributed by atoms with Crippen LogP contribution in [0.1, 0.15) is 65.9 Å². The first-order chi connectivity index (χ1) is 21.5. The number of aliphatic imine (C=N–C) groups is 1. The van der Waals surface area contributed by atoms with E-state index in [9.17, 15) is 24.0 Å². The van der Waals surface area contributed by atoms with Gasteiger partial charge in [-0.2, -0.15) is 0 Å². The maximum atomic E-state index is 13.8. The largest absolute Gasteiger partial charge is 0.444 e. The van der Waals surface area contributed by atoms with Gasteiger partial charge in [0, 0.05) is 36.3 Å². The lowest BCUT2D eigenvalue weighted by Crippen LogP contribution is -2.58. The van der Waals surface area contributed by atoms with Gasteiger partial charge in [0.2, 0.25) is 17.7 Å². The zero-order valence-electron chi connectivity index (χ0n) is 27.3. The molecule has 2 aliphatic rings. The van der Waals surface area contributed by atoms with Gasteiger partial charge >= 0.3 is 11.7 Å². The first-order valence-electron chi connectivity index (χ1n) is 15.5. The number of anilines is 1. The number of carbonyl (C=O) groups is 4. The quantitative estimate of drug-likeness (QED) is 0.146. The molecule has 4 rings (SSSR count). The minimum atomic E-state index is -1.28. The summed E-state index contributed by atoms with van der Waals surface area (Å²) < 4.78 is 10.7. The van der Waals surface area contributed by atoms with Gasteiger partial charge in [-0.15, -0.1) is 0 Å². The summed E-state index contributed by atoms with van der Waals surface area (Å²) in [4.78, 5) is 71.3. The molecule has 1 saturated heterocycles. The van der Waals surface area contributed by atoms with Crippen LogP contribution >= 0.6 is 0 Å². The average molecular weight is 640 g/mol. The van der Waals surface area contributed by atoms with Gasteiger partial charge in [-0.25, -0.2) is 9.59 Å². The van der Waals surface area contributed by atoms with Gasteiger partial charge in [-0.1, -0.05) is 13.8 Å². The molecular weight excluding hydrogens is 594 g/mol. The van der Waals surface area contributed by atoms with Gasteiger partial charge in [-0.3, -0.25) is 19.4 Å². The van der Waals surface area contributed by atoms with Crippen molar-refractivity contribution in [2.45, 2.75) is 90.4 Å². The molecule has 1 aromatic carbocycles. The van der Waals surface area contributed by atoms with Crippen LogP contribution in [0.2, 0.25) is 0 Å². The molecule has 2 heterocycles. The third-order valence-electron chi connectivity index (χ3n) is 8.28. The number of ether oxygens (including phenoxy) is 1. The molecule has 14 nitrogen and oxygen atoms in total. The SMILES string of the molecule is Cc1cc(=O)oc2cc(NC(=O)C3(NC(=O)[C@@H]4CCCN4C(=O)[C@@H](NC(=O)OC(C)(C)C)C(C)C)C[C@@H]3CCN=C(N)N)ccc12. The lowest BCUT2D eigenvalue weighted by molar-refractivity contribution is -0.141. The highest BCUT2D eigenvalue weighted by molar-refractivity contribution is 6.05. The highest BCUT2D eigenvalue weighted by Crippen LogP contribution is 2.47. The molecular formula is C32H45N7O7. The molecule has 0 radical (unpaired) electrons. The number of benzene rings is 1. The molecule has 0 bridgehead atoms. The van der Waals surface area contributed by atoms with Crippen molar-refractivity contribution in [3.05, 3.63) is 40.2 Å². The van der Waals surface area contributed by atoms with Crippen LogP contribution < -0.4 is 33.0 Å². The van der Waals surface area contributed by atoms with E-state index in [0.717, 1.165) is 10.9 Å². The average Bonchev–Trinajstić information content (AvgIpc) is 3.39. The van der Waals surface area contributed by atoms with Crippen molar-refractivity contribution in [3.63, 3.8) is 0 Å². The molecule has 2 aromatic rings. The van der Waals surface area contributed by atoms with Crippen LogP contribution in [0.3, 0.4) is 0 Å². The number of rotatable bonds is 10. The summed E-state index contributed by atoms with van der Waals surface area (Å²) in [5, 5.41) is 9.22. The van der Waals surface area contributed by atoms with Crippen LogP contribution in [0, 0.1) is 18.8 Å². The Balaban J connectivity index is 1.53. The summed E-state index contributed by atoms with van der Waals surface area (Å²) in [5.74, 6) is -1.95. The minimum absolute atomic E-state index is 0.0764. The van der Waals surface area contributed by atoms with E-state index in [1.807, 2.05) is 0 Å². The molecule has 250 valence electrons. The van der Waals surface area contributed by atoms with Crippen molar-refractivity contribution in [2.24, 2.45) is 28.3 Å². The summed E-state index contributed by atoms with van der Waals surface area (Å²) in [6.45, 7) is 11.2.